The summed E-state index contributed by atoms with van der Waals surface area (Å²) in [5.74, 6) is -0.234. The van der Waals surface area contributed by atoms with E-state index in [-0.39, 0.29) is 5.82 Å². The van der Waals surface area contributed by atoms with Crippen LogP contribution in [0.1, 0.15) is 25.8 Å². The second-order valence-electron chi connectivity index (χ2n) is 4.47. The van der Waals surface area contributed by atoms with Crippen LogP contribution in [0.15, 0.2) is 22.7 Å². The summed E-state index contributed by atoms with van der Waals surface area (Å²) in [5.41, 5.74) is 0.224. The van der Waals surface area contributed by atoms with E-state index in [0.29, 0.717) is 19.5 Å². The summed E-state index contributed by atoms with van der Waals surface area (Å²) in [5, 5.41) is 12.7. The molecule has 0 bridgehead atoms. The van der Waals surface area contributed by atoms with Gasteiger partial charge in [0.05, 0.1) is 5.60 Å². The van der Waals surface area contributed by atoms with Crippen molar-refractivity contribution in [3.8, 4) is 0 Å². The van der Waals surface area contributed by atoms with Crippen molar-refractivity contribution in [1.29, 1.82) is 0 Å². The third kappa shape index (κ3) is 5.05. The number of hydrogen-bond acceptors (Lipinski definition) is 2. The number of rotatable bonds is 5. The van der Waals surface area contributed by atoms with Crippen molar-refractivity contribution in [3.63, 3.8) is 0 Å². The fourth-order valence-electron chi connectivity index (χ4n) is 1.30. The van der Waals surface area contributed by atoms with Gasteiger partial charge in [-0.05, 0) is 50.6 Å². The summed E-state index contributed by atoms with van der Waals surface area (Å²) in [6, 6.07) is 4.62. The molecule has 0 radical (unpaired) electrons. The minimum atomic E-state index is -0.661. The lowest BCUT2D eigenvalue weighted by Gasteiger charge is -2.17. The summed E-state index contributed by atoms with van der Waals surface area (Å²) in [7, 11) is 0. The predicted molar refractivity (Wildman–Crippen MR) is 66.7 cm³/mol. The molecule has 1 aromatic rings. The van der Waals surface area contributed by atoms with Crippen molar-refractivity contribution >= 4 is 15.9 Å². The summed E-state index contributed by atoms with van der Waals surface area (Å²) in [6.07, 6.45) is 0.667. The standard InChI is InChI=1S/C12H17BrFNO/c1-12(2,16)5-6-15-8-9-7-10(14)3-4-11(9)13/h3-4,7,15-16H,5-6,8H2,1-2H3. The molecule has 0 atom stereocenters. The van der Waals surface area contributed by atoms with Gasteiger partial charge in [-0.25, -0.2) is 4.39 Å². The monoisotopic (exact) mass is 289 g/mol. The Hall–Kier alpha value is -0.450. The van der Waals surface area contributed by atoms with Gasteiger partial charge in [-0.15, -0.1) is 0 Å². The summed E-state index contributed by atoms with van der Waals surface area (Å²) in [6.45, 7) is 4.83. The zero-order valence-corrected chi connectivity index (χ0v) is 11.1. The highest BCUT2D eigenvalue weighted by molar-refractivity contribution is 9.10. The molecule has 2 N–H and O–H groups in total. The predicted octanol–water partition coefficient (Wildman–Crippen LogP) is 2.84. The van der Waals surface area contributed by atoms with Gasteiger partial charge in [0.15, 0.2) is 0 Å². The van der Waals surface area contributed by atoms with Crippen LogP contribution in [-0.4, -0.2) is 17.3 Å². The molecule has 0 unspecified atom stereocenters. The van der Waals surface area contributed by atoms with Crippen molar-refractivity contribution in [3.05, 3.63) is 34.1 Å². The molecular formula is C12H17BrFNO. The molecule has 2 nitrogen and oxygen atoms in total. The largest absolute Gasteiger partial charge is 0.390 e. The van der Waals surface area contributed by atoms with Gasteiger partial charge >= 0.3 is 0 Å². The maximum atomic E-state index is 13.0. The first kappa shape index (κ1) is 13.6. The Kier molecular flexibility index (Phi) is 4.89. The second kappa shape index (κ2) is 5.75. The molecule has 0 heterocycles. The van der Waals surface area contributed by atoms with E-state index < -0.39 is 5.60 Å². The van der Waals surface area contributed by atoms with E-state index in [2.05, 4.69) is 21.2 Å². The van der Waals surface area contributed by atoms with Crippen LogP contribution < -0.4 is 5.32 Å². The first-order chi connectivity index (χ1) is 7.38. The molecule has 90 valence electrons. The molecule has 16 heavy (non-hydrogen) atoms. The topological polar surface area (TPSA) is 32.3 Å². The number of halogens is 2. The molecule has 0 aliphatic heterocycles. The molecule has 0 aromatic heterocycles. The lowest BCUT2D eigenvalue weighted by Crippen LogP contribution is -2.26. The maximum Gasteiger partial charge on any atom is 0.123 e. The van der Waals surface area contributed by atoms with Crippen molar-refractivity contribution in [1.82, 2.24) is 5.32 Å². The molecule has 1 rings (SSSR count). The van der Waals surface area contributed by atoms with Crippen LogP contribution >= 0.6 is 15.9 Å². The SMILES string of the molecule is CC(C)(O)CCNCc1cc(F)ccc1Br. The Labute approximate surface area is 104 Å². The number of aliphatic hydroxyl groups is 1. The molecule has 0 saturated carbocycles. The van der Waals surface area contributed by atoms with Crippen molar-refractivity contribution in [2.45, 2.75) is 32.4 Å². The van der Waals surface area contributed by atoms with Crippen LogP contribution in [0.25, 0.3) is 0 Å². The molecular weight excluding hydrogens is 273 g/mol. The van der Waals surface area contributed by atoms with E-state index in [1.54, 1.807) is 19.9 Å². The van der Waals surface area contributed by atoms with E-state index in [4.69, 9.17) is 0 Å². The van der Waals surface area contributed by atoms with Crippen LogP contribution in [0.3, 0.4) is 0 Å². The van der Waals surface area contributed by atoms with E-state index in [1.165, 1.54) is 12.1 Å². The van der Waals surface area contributed by atoms with Crippen LogP contribution in [0.4, 0.5) is 4.39 Å². The zero-order valence-electron chi connectivity index (χ0n) is 9.56. The van der Waals surface area contributed by atoms with Gasteiger partial charge in [-0.3, -0.25) is 0 Å². The Morgan fingerprint density at radius 1 is 1.44 bits per heavy atom. The highest BCUT2D eigenvalue weighted by Crippen LogP contribution is 2.17. The molecule has 0 amide bonds. The lowest BCUT2D eigenvalue weighted by atomic mass is 10.1. The first-order valence-electron chi connectivity index (χ1n) is 5.25. The van der Waals surface area contributed by atoms with Gasteiger partial charge in [-0.1, -0.05) is 15.9 Å². The first-order valence-corrected chi connectivity index (χ1v) is 6.05. The van der Waals surface area contributed by atoms with E-state index >= 15 is 0 Å². The molecule has 0 fully saturated rings. The van der Waals surface area contributed by atoms with Gasteiger partial charge in [-0.2, -0.15) is 0 Å². The third-order valence-corrected chi connectivity index (χ3v) is 3.01. The Bertz CT molecular complexity index is 349. The molecule has 1 aromatic carbocycles. The van der Waals surface area contributed by atoms with Gasteiger partial charge < -0.3 is 10.4 Å². The summed E-state index contributed by atoms with van der Waals surface area (Å²) < 4.78 is 13.9. The van der Waals surface area contributed by atoms with Gasteiger partial charge in [0, 0.05) is 11.0 Å². The lowest BCUT2D eigenvalue weighted by molar-refractivity contribution is 0.0711. The number of hydrogen-bond donors (Lipinski definition) is 2. The molecule has 0 aliphatic carbocycles. The van der Waals surface area contributed by atoms with Gasteiger partial charge in [0.25, 0.3) is 0 Å². The Morgan fingerprint density at radius 2 is 2.12 bits per heavy atom. The van der Waals surface area contributed by atoms with E-state index in [1.807, 2.05) is 0 Å². The highest BCUT2D eigenvalue weighted by atomic mass is 79.9. The smallest absolute Gasteiger partial charge is 0.123 e. The minimum absolute atomic E-state index is 0.234. The average molecular weight is 290 g/mol. The van der Waals surface area contributed by atoms with Crippen molar-refractivity contribution in [2.75, 3.05) is 6.54 Å². The van der Waals surface area contributed by atoms with Crippen molar-refractivity contribution in [2.24, 2.45) is 0 Å². The summed E-state index contributed by atoms with van der Waals surface area (Å²) in [4.78, 5) is 0. The fraction of sp³-hybridized carbons (Fsp3) is 0.500. The van der Waals surface area contributed by atoms with Crippen LogP contribution in [0.2, 0.25) is 0 Å². The van der Waals surface area contributed by atoms with Crippen molar-refractivity contribution < 1.29 is 9.50 Å². The van der Waals surface area contributed by atoms with Gasteiger partial charge in [0.2, 0.25) is 0 Å². The van der Waals surface area contributed by atoms with E-state index in [0.717, 1.165) is 10.0 Å². The minimum Gasteiger partial charge on any atom is -0.390 e. The Morgan fingerprint density at radius 3 is 2.75 bits per heavy atom. The number of benzene rings is 1. The average Bonchev–Trinajstić information content (AvgIpc) is 2.16. The quantitative estimate of drug-likeness (QED) is 0.817. The number of nitrogens with one attached hydrogen (secondary N) is 1. The molecule has 0 aliphatic rings. The maximum absolute atomic E-state index is 13.0. The summed E-state index contributed by atoms with van der Waals surface area (Å²) >= 11 is 3.37. The zero-order chi connectivity index (χ0) is 12.2. The second-order valence-corrected chi connectivity index (χ2v) is 5.33. The molecule has 0 spiro atoms. The molecule has 0 saturated heterocycles. The van der Waals surface area contributed by atoms with E-state index in [9.17, 15) is 9.50 Å². The normalized spacial score (nSPS) is 11.8. The highest BCUT2D eigenvalue weighted by Gasteiger charge is 2.11. The van der Waals surface area contributed by atoms with Gasteiger partial charge in [0.1, 0.15) is 5.82 Å². The van der Waals surface area contributed by atoms with Crippen LogP contribution in [0.5, 0.6) is 0 Å². The third-order valence-electron chi connectivity index (χ3n) is 2.24. The van der Waals surface area contributed by atoms with Crippen LogP contribution in [-0.2, 0) is 6.54 Å². The Balaban J connectivity index is 2.40. The fourth-order valence-corrected chi connectivity index (χ4v) is 1.68. The van der Waals surface area contributed by atoms with Crippen LogP contribution in [0, 0.1) is 5.82 Å². The molecule has 4 heteroatoms.